The third kappa shape index (κ3) is 2.88. The molecule has 0 aliphatic heterocycles. The van der Waals surface area contributed by atoms with Crippen LogP contribution in [0.15, 0.2) is 24.3 Å². The first-order chi connectivity index (χ1) is 9.74. The van der Waals surface area contributed by atoms with Crippen molar-refractivity contribution >= 4 is 5.91 Å². The van der Waals surface area contributed by atoms with Gasteiger partial charge in [0.1, 0.15) is 0 Å². The molecule has 108 valence electrons. The van der Waals surface area contributed by atoms with Crippen LogP contribution in [0.3, 0.4) is 0 Å². The second-order valence-corrected chi connectivity index (χ2v) is 6.20. The Balaban J connectivity index is 1.55. The van der Waals surface area contributed by atoms with E-state index in [4.69, 9.17) is 0 Å². The van der Waals surface area contributed by atoms with E-state index in [9.17, 15) is 9.90 Å². The molecule has 0 unspecified atom stereocenters. The number of benzene rings is 1. The molecule has 0 bridgehead atoms. The molecule has 1 aromatic carbocycles. The predicted molar refractivity (Wildman–Crippen MR) is 78.2 cm³/mol. The molecule has 1 fully saturated rings. The minimum Gasteiger partial charge on any atom is -0.390 e. The van der Waals surface area contributed by atoms with Crippen molar-refractivity contribution in [3.63, 3.8) is 0 Å². The number of aliphatic hydroxyl groups excluding tert-OH is 1. The highest BCUT2D eigenvalue weighted by Gasteiger charge is 2.31. The van der Waals surface area contributed by atoms with Crippen LogP contribution in [0, 0.1) is 5.92 Å². The normalized spacial score (nSPS) is 25.6. The highest BCUT2D eigenvalue weighted by molar-refractivity contribution is 5.76. The molecule has 0 saturated heterocycles. The van der Waals surface area contributed by atoms with Gasteiger partial charge in [0, 0.05) is 12.8 Å². The van der Waals surface area contributed by atoms with Gasteiger partial charge < -0.3 is 10.4 Å². The van der Waals surface area contributed by atoms with Crippen LogP contribution in [0.4, 0.5) is 0 Å². The minimum atomic E-state index is -0.483. The maximum Gasteiger partial charge on any atom is 0.220 e. The van der Waals surface area contributed by atoms with Gasteiger partial charge in [0.05, 0.1) is 12.1 Å². The van der Waals surface area contributed by atoms with Gasteiger partial charge in [-0.25, -0.2) is 0 Å². The number of hydrogen-bond donors (Lipinski definition) is 2. The van der Waals surface area contributed by atoms with Gasteiger partial charge in [-0.2, -0.15) is 0 Å². The van der Waals surface area contributed by atoms with Crippen LogP contribution in [-0.2, 0) is 11.2 Å². The number of carbonyl (C=O) groups excluding carboxylic acids is 1. The summed E-state index contributed by atoms with van der Waals surface area (Å²) in [5.74, 6) is 0.819. The summed E-state index contributed by atoms with van der Waals surface area (Å²) in [6, 6.07) is 7.77. The molecule has 0 spiro atoms. The van der Waals surface area contributed by atoms with E-state index in [0.717, 1.165) is 23.5 Å². The van der Waals surface area contributed by atoms with Gasteiger partial charge in [0.2, 0.25) is 5.91 Å². The van der Waals surface area contributed by atoms with Gasteiger partial charge in [-0.05, 0) is 23.5 Å². The maximum atomic E-state index is 12.1. The number of fused-ring (bicyclic) bond motifs is 1. The lowest BCUT2D eigenvalue weighted by Gasteiger charge is -2.18. The van der Waals surface area contributed by atoms with Gasteiger partial charge in [0.25, 0.3) is 0 Å². The van der Waals surface area contributed by atoms with E-state index in [2.05, 4.69) is 5.32 Å². The van der Waals surface area contributed by atoms with Crippen molar-refractivity contribution < 1.29 is 9.90 Å². The van der Waals surface area contributed by atoms with Crippen molar-refractivity contribution in [2.75, 3.05) is 0 Å². The zero-order valence-corrected chi connectivity index (χ0v) is 11.8. The summed E-state index contributed by atoms with van der Waals surface area (Å²) in [6.07, 6.45) is 6.95. The molecule has 0 heterocycles. The van der Waals surface area contributed by atoms with Crippen LogP contribution >= 0.6 is 0 Å². The van der Waals surface area contributed by atoms with Crippen LogP contribution in [0.25, 0.3) is 0 Å². The summed E-state index contributed by atoms with van der Waals surface area (Å²) in [7, 11) is 0. The second kappa shape index (κ2) is 5.96. The average molecular weight is 273 g/mol. The molecule has 2 aliphatic rings. The first-order valence-corrected chi connectivity index (χ1v) is 7.79. The number of carbonyl (C=O) groups is 1. The Labute approximate surface area is 120 Å². The summed E-state index contributed by atoms with van der Waals surface area (Å²) in [5, 5.41) is 13.1. The Morgan fingerprint density at radius 2 is 2.00 bits per heavy atom. The topological polar surface area (TPSA) is 49.3 Å². The Morgan fingerprint density at radius 1 is 1.25 bits per heavy atom. The highest BCUT2D eigenvalue weighted by atomic mass is 16.3. The number of rotatable bonds is 4. The summed E-state index contributed by atoms with van der Waals surface area (Å²) < 4.78 is 0. The van der Waals surface area contributed by atoms with Crippen LogP contribution < -0.4 is 5.32 Å². The first-order valence-electron chi connectivity index (χ1n) is 7.79. The molecule has 3 nitrogen and oxygen atoms in total. The van der Waals surface area contributed by atoms with Gasteiger partial charge in [-0.15, -0.1) is 0 Å². The Morgan fingerprint density at radius 3 is 2.80 bits per heavy atom. The van der Waals surface area contributed by atoms with Crippen LogP contribution in [0.5, 0.6) is 0 Å². The molecular weight excluding hydrogens is 250 g/mol. The molecule has 20 heavy (non-hydrogen) atoms. The fraction of sp³-hybridized carbons (Fsp3) is 0.588. The van der Waals surface area contributed by atoms with E-state index in [0.29, 0.717) is 12.8 Å². The molecule has 2 aliphatic carbocycles. The zero-order valence-electron chi connectivity index (χ0n) is 11.8. The summed E-state index contributed by atoms with van der Waals surface area (Å²) in [5.41, 5.74) is 2.23. The highest BCUT2D eigenvalue weighted by Crippen LogP contribution is 2.32. The predicted octanol–water partition coefficient (Wildman–Crippen LogP) is 2.73. The fourth-order valence-electron chi connectivity index (χ4n) is 3.63. The van der Waals surface area contributed by atoms with Crippen LogP contribution in [0.2, 0.25) is 0 Å². The zero-order chi connectivity index (χ0) is 13.9. The van der Waals surface area contributed by atoms with Crippen molar-refractivity contribution in [2.24, 2.45) is 5.92 Å². The van der Waals surface area contributed by atoms with Crippen molar-refractivity contribution in [1.82, 2.24) is 5.32 Å². The van der Waals surface area contributed by atoms with Crippen molar-refractivity contribution in [1.29, 1.82) is 0 Å². The van der Waals surface area contributed by atoms with E-state index in [1.165, 1.54) is 25.7 Å². The lowest BCUT2D eigenvalue weighted by molar-refractivity contribution is -0.122. The van der Waals surface area contributed by atoms with Gasteiger partial charge in [-0.1, -0.05) is 49.9 Å². The smallest absolute Gasteiger partial charge is 0.220 e. The molecule has 3 heteroatoms. The van der Waals surface area contributed by atoms with Gasteiger partial charge in [0.15, 0.2) is 0 Å². The maximum absolute atomic E-state index is 12.1. The third-order valence-corrected chi connectivity index (χ3v) is 4.77. The van der Waals surface area contributed by atoms with Gasteiger partial charge in [-0.3, -0.25) is 4.79 Å². The number of hydrogen-bond acceptors (Lipinski definition) is 2. The number of nitrogens with one attached hydrogen (secondary N) is 1. The van der Waals surface area contributed by atoms with E-state index in [1.807, 2.05) is 24.3 Å². The molecule has 1 amide bonds. The standard InChI is InChI=1S/C17H23NO2/c19-15-11-13-7-3-4-8-14(13)17(15)18-16(20)10-9-12-5-1-2-6-12/h3-4,7-8,12,15,17,19H,1-2,5-6,9-11H2,(H,18,20)/t15-,17+/m0/s1. The second-order valence-electron chi connectivity index (χ2n) is 6.20. The number of amides is 1. The summed E-state index contributed by atoms with van der Waals surface area (Å²) in [4.78, 5) is 12.1. The average Bonchev–Trinajstić information content (AvgIpc) is 3.06. The van der Waals surface area contributed by atoms with Crippen LogP contribution in [-0.4, -0.2) is 17.1 Å². The monoisotopic (exact) mass is 273 g/mol. The Bertz CT molecular complexity index is 480. The van der Waals surface area contributed by atoms with E-state index in [-0.39, 0.29) is 11.9 Å². The minimum absolute atomic E-state index is 0.0812. The molecule has 2 atom stereocenters. The lowest BCUT2D eigenvalue weighted by Crippen LogP contribution is -2.33. The van der Waals surface area contributed by atoms with Crippen molar-refractivity contribution in [2.45, 2.75) is 57.1 Å². The molecular formula is C17H23NO2. The molecule has 0 radical (unpaired) electrons. The molecule has 2 N–H and O–H groups in total. The lowest BCUT2D eigenvalue weighted by atomic mass is 10.0. The Kier molecular flexibility index (Phi) is 4.06. The van der Waals surface area contributed by atoms with E-state index < -0.39 is 6.10 Å². The molecule has 0 aromatic heterocycles. The number of aliphatic hydroxyl groups is 1. The molecule has 1 aromatic rings. The first kappa shape index (κ1) is 13.6. The summed E-state index contributed by atoms with van der Waals surface area (Å²) >= 11 is 0. The van der Waals surface area contributed by atoms with Gasteiger partial charge >= 0.3 is 0 Å². The van der Waals surface area contributed by atoms with Crippen molar-refractivity contribution in [3.8, 4) is 0 Å². The SMILES string of the molecule is O=C(CCC1CCCC1)N[C@@H]1c2ccccc2C[C@@H]1O. The Hall–Kier alpha value is -1.35. The largest absolute Gasteiger partial charge is 0.390 e. The van der Waals surface area contributed by atoms with E-state index in [1.54, 1.807) is 0 Å². The summed E-state index contributed by atoms with van der Waals surface area (Å²) in [6.45, 7) is 0. The molecule has 3 rings (SSSR count). The quantitative estimate of drug-likeness (QED) is 0.886. The van der Waals surface area contributed by atoms with Crippen molar-refractivity contribution in [3.05, 3.63) is 35.4 Å². The van der Waals surface area contributed by atoms with E-state index >= 15 is 0 Å². The fourth-order valence-corrected chi connectivity index (χ4v) is 3.63. The van der Waals surface area contributed by atoms with Crippen LogP contribution in [0.1, 0.15) is 55.7 Å². The molecule has 1 saturated carbocycles. The third-order valence-electron chi connectivity index (χ3n) is 4.77.